The highest BCUT2D eigenvalue weighted by molar-refractivity contribution is 5.78. The van der Waals surface area contributed by atoms with Crippen molar-refractivity contribution in [3.8, 4) is 0 Å². The molecule has 24 heavy (non-hydrogen) atoms. The fourth-order valence-corrected chi connectivity index (χ4v) is 3.98. The summed E-state index contributed by atoms with van der Waals surface area (Å²) >= 11 is 0. The summed E-state index contributed by atoms with van der Waals surface area (Å²) in [6, 6.07) is 11.5. The van der Waals surface area contributed by atoms with Crippen molar-refractivity contribution in [2.75, 3.05) is 19.8 Å². The normalized spacial score (nSPS) is 25.3. The first-order valence-electron chi connectivity index (χ1n) is 9.45. The van der Waals surface area contributed by atoms with Gasteiger partial charge in [-0.05, 0) is 43.6 Å². The zero-order valence-corrected chi connectivity index (χ0v) is 14.5. The van der Waals surface area contributed by atoms with Gasteiger partial charge in [-0.3, -0.25) is 4.79 Å². The van der Waals surface area contributed by atoms with Gasteiger partial charge < -0.3 is 15.4 Å². The molecular formula is C20H30N2O2. The molecule has 2 aliphatic rings. The molecule has 0 bridgehead atoms. The average molecular weight is 330 g/mol. The largest absolute Gasteiger partial charge is 0.381 e. The molecular weight excluding hydrogens is 300 g/mol. The second-order valence-electron chi connectivity index (χ2n) is 7.18. The van der Waals surface area contributed by atoms with Crippen molar-refractivity contribution in [2.24, 2.45) is 5.92 Å². The summed E-state index contributed by atoms with van der Waals surface area (Å²) in [6.07, 6.45) is 8.00. The summed E-state index contributed by atoms with van der Waals surface area (Å²) in [5.41, 5.74) is 1.41. The highest BCUT2D eigenvalue weighted by atomic mass is 16.5. The first kappa shape index (κ1) is 17.4. The topological polar surface area (TPSA) is 50.4 Å². The number of carbonyl (C=O) groups excluding carboxylic acids is 1. The summed E-state index contributed by atoms with van der Waals surface area (Å²) in [6.45, 7) is 1.97. The molecule has 0 spiro atoms. The van der Waals surface area contributed by atoms with E-state index in [2.05, 4.69) is 41.0 Å². The Morgan fingerprint density at radius 3 is 2.58 bits per heavy atom. The van der Waals surface area contributed by atoms with Crippen LogP contribution in [-0.2, 0) is 16.0 Å². The highest BCUT2D eigenvalue weighted by Gasteiger charge is 2.25. The van der Waals surface area contributed by atoms with Crippen molar-refractivity contribution >= 4 is 5.91 Å². The molecule has 1 saturated carbocycles. The Hall–Kier alpha value is -1.39. The van der Waals surface area contributed by atoms with E-state index in [0.29, 0.717) is 24.5 Å². The molecule has 2 N–H and O–H groups in total. The minimum absolute atomic E-state index is 0.130. The quantitative estimate of drug-likeness (QED) is 0.843. The maximum absolute atomic E-state index is 12.2. The van der Waals surface area contributed by atoms with E-state index in [9.17, 15) is 4.79 Å². The SMILES string of the molecule is O=C(CN[C@H]1CCCC[C@H]1Cc1ccccc1)NC1CCOCC1. The first-order valence-corrected chi connectivity index (χ1v) is 9.45. The molecule has 1 aromatic rings. The van der Waals surface area contributed by atoms with E-state index in [-0.39, 0.29) is 5.91 Å². The number of ether oxygens (including phenoxy) is 1. The number of hydrogen-bond acceptors (Lipinski definition) is 3. The van der Waals surface area contributed by atoms with Crippen LogP contribution in [0.1, 0.15) is 44.1 Å². The maximum atomic E-state index is 12.2. The van der Waals surface area contributed by atoms with Crippen molar-refractivity contribution in [1.82, 2.24) is 10.6 Å². The highest BCUT2D eigenvalue weighted by Crippen LogP contribution is 2.27. The molecule has 3 rings (SSSR count). The fraction of sp³-hybridized carbons (Fsp3) is 0.650. The molecule has 1 saturated heterocycles. The van der Waals surface area contributed by atoms with Crippen LogP contribution in [0.5, 0.6) is 0 Å². The lowest BCUT2D eigenvalue weighted by atomic mass is 9.80. The molecule has 0 aromatic heterocycles. The Kier molecular flexibility index (Phi) is 6.67. The third-order valence-electron chi connectivity index (χ3n) is 5.36. The summed E-state index contributed by atoms with van der Waals surface area (Å²) < 4.78 is 5.34. The van der Waals surface area contributed by atoms with E-state index in [4.69, 9.17) is 4.74 Å². The molecule has 1 heterocycles. The minimum Gasteiger partial charge on any atom is -0.381 e. The average Bonchev–Trinajstić information content (AvgIpc) is 2.63. The van der Waals surface area contributed by atoms with Gasteiger partial charge in [-0.2, -0.15) is 0 Å². The van der Waals surface area contributed by atoms with Gasteiger partial charge in [0.1, 0.15) is 0 Å². The molecule has 0 radical (unpaired) electrons. The molecule has 2 atom stereocenters. The summed E-state index contributed by atoms with van der Waals surface area (Å²) in [5.74, 6) is 0.767. The van der Waals surface area contributed by atoms with Crippen LogP contribution in [0, 0.1) is 5.92 Å². The lowest BCUT2D eigenvalue weighted by Gasteiger charge is -2.32. The van der Waals surface area contributed by atoms with Crippen molar-refractivity contribution in [3.05, 3.63) is 35.9 Å². The van der Waals surface area contributed by atoms with Crippen LogP contribution in [-0.4, -0.2) is 37.7 Å². The third kappa shape index (κ3) is 5.32. The zero-order chi connectivity index (χ0) is 16.6. The Balaban J connectivity index is 1.45. The molecule has 4 nitrogen and oxygen atoms in total. The van der Waals surface area contributed by atoms with E-state index >= 15 is 0 Å². The van der Waals surface area contributed by atoms with E-state index in [1.54, 1.807) is 0 Å². The number of rotatable bonds is 6. The summed E-state index contributed by atoms with van der Waals surface area (Å²) in [7, 11) is 0. The number of benzene rings is 1. The van der Waals surface area contributed by atoms with E-state index in [1.807, 2.05) is 0 Å². The van der Waals surface area contributed by atoms with Gasteiger partial charge in [0.2, 0.25) is 5.91 Å². The molecule has 132 valence electrons. The Bertz CT molecular complexity index is 500. The van der Waals surface area contributed by atoms with E-state index in [0.717, 1.165) is 32.5 Å². The van der Waals surface area contributed by atoms with Crippen LogP contribution in [0.3, 0.4) is 0 Å². The third-order valence-corrected chi connectivity index (χ3v) is 5.36. The molecule has 1 aromatic carbocycles. The summed E-state index contributed by atoms with van der Waals surface area (Å²) in [5, 5.41) is 6.68. The van der Waals surface area contributed by atoms with Gasteiger partial charge in [0, 0.05) is 25.3 Å². The van der Waals surface area contributed by atoms with Gasteiger partial charge in [0.25, 0.3) is 0 Å². The Morgan fingerprint density at radius 1 is 1.04 bits per heavy atom. The van der Waals surface area contributed by atoms with Crippen LogP contribution < -0.4 is 10.6 Å². The predicted molar refractivity (Wildman–Crippen MR) is 95.9 cm³/mol. The Labute approximate surface area is 145 Å². The second kappa shape index (κ2) is 9.19. The number of amides is 1. The van der Waals surface area contributed by atoms with Gasteiger partial charge in [0.15, 0.2) is 0 Å². The van der Waals surface area contributed by atoms with Crippen LogP contribution in [0.2, 0.25) is 0 Å². The van der Waals surface area contributed by atoms with E-state index in [1.165, 1.54) is 31.2 Å². The van der Waals surface area contributed by atoms with Crippen LogP contribution in [0.15, 0.2) is 30.3 Å². The van der Waals surface area contributed by atoms with Crippen molar-refractivity contribution in [2.45, 2.75) is 57.0 Å². The predicted octanol–water partition coefficient (Wildman–Crippen LogP) is 2.67. The number of carbonyl (C=O) groups is 1. The van der Waals surface area contributed by atoms with Crippen LogP contribution >= 0.6 is 0 Å². The zero-order valence-electron chi connectivity index (χ0n) is 14.5. The Morgan fingerprint density at radius 2 is 1.79 bits per heavy atom. The summed E-state index contributed by atoms with van der Waals surface area (Å²) in [4.78, 5) is 12.2. The van der Waals surface area contributed by atoms with E-state index < -0.39 is 0 Å². The molecule has 0 unspecified atom stereocenters. The standard InChI is InChI=1S/C20H30N2O2/c23-20(22-18-10-12-24-13-11-18)15-21-19-9-5-4-8-17(19)14-16-6-2-1-3-7-16/h1-3,6-7,17-19,21H,4-5,8-15H2,(H,22,23)/t17-,19-/m0/s1. The molecule has 1 aliphatic carbocycles. The molecule has 4 heteroatoms. The van der Waals surface area contributed by atoms with Crippen LogP contribution in [0.25, 0.3) is 0 Å². The van der Waals surface area contributed by atoms with Gasteiger partial charge >= 0.3 is 0 Å². The second-order valence-corrected chi connectivity index (χ2v) is 7.18. The van der Waals surface area contributed by atoms with Gasteiger partial charge in [0.05, 0.1) is 6.54 Å². The first-order chi connectivity index (χ1) is 11.8. The van der Waals surface area contributed by atoms with Gasteiger partial charge in [-0.15, -0.1) is 0 Å². The van der Waals surface area contributed by atoms with Crippen molar-refractivity contribution in [1.29, 1.82) is 0 Å². The fourth-order valence-electron chi connectivity index (χ4n) is 3.98. The van der Waals surface area contributed by atoms with Crippen molar-refractivity contribution in [3.63, 3.8) is 0 Å². The minimum atomic E-state index is 0.130. The number of hydrogen-bond donors (Lipinski definition) is 2. The molecule has 2 fully saturated rings. The molecule has 1 aliphatic heterocycles. The maximum Gasteiger partial charge on any atom is 0.234 e. The lowest BCUT2D eigenvalue weighted by Crippen LogP contribution is -2.47. The molecule has 1 amide bonds. The van der Waals surface area contributed by atoms with Crippen LogP contribution in [0.4, 0.5) is 0 Å². The monoisotopic (exact) mass is 330 g/mol. The van der Waals surface area contributed by atoms with Gasteiger partial charge in [-0.1, -0.05) is 43.2 Å². The van der Waals surface area contributed by atoms with Crippen molar-refractivity contribution < 1.29 is 9.53 Å². The lowest BCUT2D eigenvalue weighted by molar-refractivity contribution is -0.121. The van der Waals surface area contributed by atoms with Gasteiger partial charge in [-0.25, -0.2) is 0 Å². The smallest absolute Gasteiger partial charge is 0.234 e. The number of nitrogens with one attached hydrogen (secondary N) is 2.